The first kappa shape index (κ1) is 12.9. The number of pyridine rings is 1. The van der Waals surface area contributed by atoms with Gasteiger partial charge >= 0.3 is 6.36 Å². The Labute approximate surface area is 93.4 Å². The lowest BCUT2D eigenvalue weighted by atomic mass is 10.3. The van der Waals surface area contributed by atoms with Gasteiger partial charge in [0.15, 0.2) is 5.75 Å². The zero-order chi connectivity index (χ0) is 12.5. The van der Waals surface area contributed by atoms with Gasteiger partial charge in [-0.2, -0.15) is 0 Å². The summed E-state index contributed by atoms with van der Waals surface area (Å²) >= 11 is 2.59. The molecule has 0 aliphatic heterocycles. The number of H-pyrrole nitrogens is 1. The molecular weight excluding hydrogens is 305 g/mol. The van der Waals surface area contributed by atoms with Gasteiger partial charge in [-0.15, -0.1) is 13.2 Å². The van der Waals surface area contributed by atoms with E-state index in [1.807, 2.05) is 4.98 Å². The number of nitrogens with one attached hydrogen (secondary N) is 1. The zero-order valence-electron chi connectivity index (χ0n) is 7.24. The standard InChI is InChI=1S/C7H3BrF5NO2/c8-5-3(6(9)10)4(15)2(1-14-5)16-7(11,12)13/h1,6H,(H,14,15). The number of aromatic nitrogens is 1. The first-order valence-corrected chi connectivity index (χ1v) is 4.46. The highest BCUT2D eigenvalue weighted by Gasteiger charge is 2.33. The molecule has 1 aromatic rings. The number of rotatable bonds is 2. The summed E-state index contributed by atoms with van der Waals surface area (Å²) in [5.74, 6) is -1.23. The van der Waals surface area contributed by atoms with E-state index in [4.69, 9.17) is 0 Å². The van der Waals surface area contributed by atoms with Crippen molar-refractivity contribution in [1.29, 1.82) is 0 Å². The first-order chi connectivity index (χ1) is 7.22. The molecule has 0 aromatic carbocycles. The molecule has 1 aromatic heterocycles. The molecule has 0 aliphatic rings. The molecule has 0 amide bonds. The lowest BCUT2D eigenvalue weighted by molar-refractivity contribution is -0.275. The van der Waals surface area contributed by atoms with Gasteiger partial charge in [-0.1, -0.05) is 0 Å². The molecule has 0 saturated carbocycles. The Bertz CT molecular complexity index is 441. The fraction of sp³-hybridized carbons (Fsp3) is 0.286. The van der Waals surface area contributed by atoms with Crippen molar-refractivity contribution in [2.45, 2.75) is 12.8 Å². The minimum atomic E-state index is -5.11. The number of halogens is 6. The third-order valence-electron chi connectivity index (χ3n) is 1.48. The molecule has 3 nitrogen and oxygen atoms in total. The highest BCUT2D eigenvalue weighted by atomic mass is 79.9. The summed E-state index contributed by atoms with van der Waals surface area (Å²) in [7, 11) is 0. The summed E-state index contributed by atoms with van der Waals surface area (Å²) < 4.78 is 62.9. The number of aromatic amines is 1. The molecule has 0 saturated heterocycles. The highest BCUT2D eigenvalue weighted by molar-refractivity contribution is 9.10. The van der Waals surface area contributed by atoms with E-state index in [0.717, 1.165) is 0 Å². The summed E-state index contributed by atoms with van der Waals surface area (Å²) in [6.07, 6.45) is -7.78. The van der Waals surface area contributed by atoms with Crippen LogP contribution in [0.1, 0.15) is 12.0 Å². The predicted molar refractivity (Wildman–Crippen MR) is 46.4 cm³/mol. The van der Waals surface area contributed by atoms with Crippen molar-refractivity contribution in [3.05, 3.63) is 26.6 Å². The fourth-order valence-electron chi connectivity index (χ4n) is 0.900. The molecule has 0 aliphatic carbocycles. The first-order valence-electron chi connectivity index (χ1n) is 3.67. The molecule has 0 bridgehead atoms. The van der Waals surface area contributed by atoms with Crippen LogP contribution in [0.25, 0.3) is 0 Å². The Morgan fingerprint density at radius 1 is 1.38 bits per heavy atom. The minimum Gasteiger partial charge on any atom is -0.400 e. The summed E-state index contributed by atoms with van der Waals surface area (Å²) in [5.41, 5.74) is -2.63. The Morgan fingerprint density at radius 2 is 1.94 bits per heavy atom. The molecule has 90 valence electrons. The monoisotopic (exact) mass is 307 g/mol. The third kappa shape index (κ3) is 2.94. The van der Waals surface area contributed by atoms with Crippen molar-refractivity contribution >= 4 is 15.9 Å². The normalized spacial score (nSPS) is 11.9. The Kier molecular flexibility index (Phi) is 3.56. The lowest BCUT2D eigenvalue weighted by Crippen LogP contribution is -2.23. The molecular formula is C7H3BrF5NO2. The van der Waals surface area contributed by atoms with Gasteiger partial charge in [0.2, 0.25) is 5.43 Å². The topological polar surface area (TPSA) is 42.1 Å². The zero-order valence-corrected chi connectivity index (χ0v) is 8.82. The van der Waals surface area contributed by atoms with Gasteiger partial charge in [0.05, 0.1) is 10.2 Å². The third-order valence-corrected chi connectivity index (χ3v) is 2.13. The van der Waals surface area contributed by atoms with Crippen LogP contribution in [0.5, 0.6) is 5.75 Å². The quantitative estimate of drug-likeness (QED) is 0.674. The largest absolute Gasteiger partial charge is 0.573 e. The molecule has 0 spiro atoms. The van der Waals surface area contributed by atoms with Gasteiger partial charge in [0.1, 0.15) is 0 Å². The fourth-order valence-corrected chi connectivity index (χ4v) is 1.37. The number of hydrogen-bond donors (Lipinski definition) is 1. The van der Waals surface area contributed by atoms with Crippen LogP contribution in [-0.2, 0) is 0 Å². The maximum atomic E-state index is 12.3. The van der Waals surface area contributed by atoms with Gasteiger partial charge in [-0.05, 0) is 15.9 Å². The second-order valence-electron chi connectivity index (χ2n) is 2.56. The van der Waals surface area contributed by atoms with Crippen LogP contribution in [0.4, 0.5) is 22.0 Å². The van der Waals surface area contributed by atoms with E-state index in [0.29, 0.717) is 6.20 Å². The van der Waals surface area contributed by atoms with E-state index >= 15 is 0 Å². The maximum Gasteiger partial charge on any atom is 0.573 e. The lowest BCUT2D eigenvalue weighted by Gasteiger charge is -2.09. The Balaban J connectivity index is 3.25. The molecule has 0 atom stereocenters. The van der Waals surface area contributed by atoms with E-state index < -0.39 is 29.5 Å². The highest BCUT2D eigenvalue weighted by Crippen LogP contribution is 2.26. The van der Waals surface area contributed by atoms with Gasteiger partial charge in [0.25, 0.3) is 6.43 Å². The average molecular weight is 308 g/mol. The molecule has 0 radical (unpaired) electrons. The van der Waals surface area contributed by atoms with Crippen LogP contribution >= 0.6 is 15.9 Å². The van der Waals surface area contributed by atoms with Crippen LogP contribution in [0.15, 0.2) is 15.6 Å². The van der Waals surface area contributed by atoms with Gasteiger partial charge in [-0.3, -0.25) is 4.79 Å². The van der Waals surface area contributed by atoms with E-state index in [1.54, 1.807) is 0 Å². The molecule has 9 heteroatoms. The molecule has 0 fully saturated rings. The average Bonchev–Trinajstić information content (AvgIpc) is 2.07. The van der Waals surface area contributed by atoms with Crippen LogP contribution < -0.4 is 10.2 Å². The summed E-state index contributed by atoms with van der Waals surface area (Å²) in [4.78, 5) is 13.2. The molecule has 1 rings (SSSR count). The molecule has 16 heavy (non-hydrogen) atoms. The van der Waals surface area contributed by atoms with Crippen LogP contribution in [0, 0.1) is 0 Å². The second kappa shape index (κ2) is 4.40. The van der Waals surface area contributed by atoms with Crippen LogP contribution in [0.3, 0.4) is 0 Å². The van der Waals surface area contributed by atoms with Crippen molar-refractivity contribution < 1.29 is 26.7 Å². The number of ether oxygens (including phenoxy) is 1. The summed E-state index contributed by atoms with van der Waals surface area (Å²) in [6, 6.07) is 0. The van der Waals surface area contributed by atoms with E-state index in [2.05, 4.69) is 20.7 Å². The number of hydrogen-bond acceptors (Lipinski definition) is 2. The van der Waals surface area contributed by atoms with Crippen molar-refractivity contribution in [1.82, 2.24) is 4.98 Å². The van der Waals surface area contributed by atoms with Crippen LogP contribution in [-0.4, -0.2) is 11.3 Å². The van der Waals surface area contributed by atoms with Crippen molar-refractivity contribution in [2.24, 2.45) is 0 Å². The predicted octanol–water partition coefficient (Wildman–Crippen LogP) is 2.97. The number of alkyl halides is 5. The Hall–Kier alpha value is -1.12. The van der Waals surface area contributed by atoms with Crippen LogP contribution in [0.2, 0.25) is 0 Å². The van der Waals surface area contributed by atoms with Crippen molar-refractivity contribution in [3.8, 4) is 5.75 Å². The van der Waals surface area contributed by atoms with Gasteiger partial charge < -0.3 is 9.72 Å². The molecule has 0 unspecified atom stereocenters. The van der Waals surface area contributed by atoms with Crippen molar-refractivity contribution in [3.63, 3.8) is 0 Å². The molecule has 1 N–H and O–H groups in total. The maximum absolute atomic E-state index is 12.3. The molecule has 1 heterocycles. The minimum absolute atomic E-state index is 0.387. The second-order valence-corrected chi connectivity index (χ2v) is 3.35. The van der Waals surface area contributed by atoms with E-state index in [-0.39, 0.29) is 4.60 Å². The Morgan fingerprint density at radius 3 is 2.38 bits per heavy atom. The SMILES string of the molecule is O=c1c(OC(F)(F)F)c[nH]c(Br)c1C(F)F. The van der Waals surface area contributed by atoms with Gasteiger partial charge in [-0.25, -0.2) is 8.78 Å². The summed E-state index contributed by atoms with van der Waals surface area (Å²) in [5, 5.41) is 0. The summed E-state index contributed by atoms with van der Waals surface area (Å²) in [6.45, 7) is 0. The van der Waals surface area contributed by atoms with Gasteiger partial charge in [0, 0.05) is 6.20 Å². The van der Waals surface area contributed by atoms with E-state index in [9.17, 15) is 26.7 Å². The van der Waals surface area contributed by atoms with E-state index in [1.165, 1.54) is 0 Å². The van der Waals surface area contributed by atoms with Crippen molar-refractivity contribution in [2.75, 3.05) is 0 Å². The smallest absolute Gasteiger partial charge is 0.400 e.